The Morgan fingerprint density at radius 2 is 1.62 bits per heavy atom. The topological polar surface area (TPSA) is 42.4 Å². The van der Waals surface area contributed by atoms with E-state index in [1.807, 2.05) is 54.7 Å². The summed E-state index contributed by atoms with van der Waals surface area (Å²) in [5.74, 6) is 0.770. The van der Waals surface area contributed by atoms with E-state index in [-0.39, 0.29) is 0 Å². The summed E-state index contributed by atoms with van der Waals surface area (Å²) < 4.78 is 5.22. The van der Waals surface area contributed by atoms with Crippen LogP contribution in [0.5, 0.6) is 5.75 Å². The van der Waals surface area contributed by atoms with Crippen molar-refractivity contribution < 1.29 is 9.84 Å². The molecule has 0 amide bonds. The van der Waals surface area contributed by atoms with Crippen molar-refractivity contribution in [3.63, 3.8) is 0 Å². The summed E-state index contributed by atoms with van der Waals surface area (Å²) in [5.41, 5.74) is 3.66. The lowest BCUT2D eigenvalue weighted by Gasteiger charge is -2.18. The maximum Gasteiger partial charge on any atom is 0.118 e. The van der Waals surface area contributed by atoms with Crippen molar-refractivity contribution in [3.8, 4) is 16.9 Å². The second-order valence-electron chi connectivity index (χ2n) is 6.20. The fourth-order valence-corrected chi connectivity index (χ4v) is 3.22. The summed E-state index contributed by atoms with van der Waals surface area (Å²) in [6, 6.07) is 23.8. The fraction of sp³-hybridized carbons (Fsp3) is 0.0870. The molecule has 1 heterocycles. The molecule has 0 bridgehead atoms. The van der Waals surface area contributed by atoms with Crippen LogP contribution in [0.3, 0.4) is 0 Å². The average molecular weight is 341 g/mol. The van der Waals surface area contributed by atoms with E-state index >= 15 is 0 Å². The van der Waals surface area contributed by atoms with Gasteiger partial charge in [-0.2, -0.15) is 0 Å². The number of aliphatic hydroxyl groups is 1. The summed E-state index contributed by atoms with van der Waals surface area (Å²) >= 11 is 0. The zero-order valence-corrected chi connectivity index (χ0v) is 14.5. The number of methoxy groups -OCH3 is 1. The fourth-order valence-electron chi connectivity index (χ4n) is 3.22. The monoisotopic (exact) mass is 341 g/mol. The van der Waals surface area contributed by atoms with Crippen molar-refractivity contribution in [2.24, 2.45) is 0 Å². The van der Waals surface area contributed by atoms with Gasteiger partial charge in [0.05, 0.1) is 7.11 Å². The maximum atomic E-state index is 11.1. The molecule has 0 aliphatic heterocycles. The van der Waals surface area contributed by atoms with Gasteiger partial charge in [-0.3, -0.25) is 4.98 Å². The van der Waals surface area contributed by atoms with Crippen molar-refractivity contribution in [1.29, 1.82) is 0 Å². The first-order valence-corrected chi connectivity index (χ1v) is 8.51. The Bertz CT molecular complexity index is 1030. The molecule has 0 aliphatic rings. The van der Waals surface area contributed by atoms with Gasteiger partial charge in [0.25, 0.3) is 0 Å². The molecule has 3 heteroatoms. The van der Waals surface area contributed by atoms with Crippen LogP contribution in [0.15, 0.2) is 85.2 Å². The van der Waals surface area contributed by atoms with Gasteiger partial charge in [-0.15, -0.1) is 0 Å². The van der Waals surface area contributed by atoms with Gasteiger partial charge in [-0.05, 0) is 57.8 Å². The van der Waals surface area contributed by atoms with Crippen molar-refractivity contribution in [1.82, 2.24) is 4.98 Å². The molecule has 0 saturated carbocycles. The molecule has 0 saturated heterocycles. The van der Waals surface area contributed by atoms with E-state index in [9.17, 15) is 5.11 Å². The molecule has 26 heavy (non-hydrogen) atoms. The third-order valence-electron chi connectivity index (χ3n) is 4.62. The Morgan fingerprint density at radius 1 is 0.885 bits per heavy atom. The van der Waals surface area contributed by atoms with Gasteiger partial charge < -0.3 is 9.84 Å². The van der Waals surface area contributed by atoms with Gasteiger partial charge in [-0.25, -0.2) is 0 Å². The molecule has 0 aliphatic carbocycles. The Hall–Kier alpha value is -3.17. The van der Waals surface area contributed by atoms with Crippen LogP contribution in [0, 0.1) is 0 Å². The molecule has 0 spiro atoms. The molecule has 0 fully saturated rings. The molecule has 128 valence electrons. The summed E-state index contributed by atoms with van der Waals surface area (Å²) in [6.07, 6.45) is 2.85. The van der Waals surface area contributed by atoms with Gasteiger partial charge in [0, 0.05) is 18.0 Å². The van der Waals surface area contributed by atoms with Gasteiger partial charge in [-0.1, -0.05) is 42.5 Å². The zero-order chi connectivity index (χ0) is 17.9. The van der Waals surface area contributed by atoms with Crippen LogP contribution in [0.25, 0.3) is 21.9 Å². The third-order valence-corrected chi connectivity index (χ3v) is 4.62. The highest BCUT2D eigenvalue weighted by Crippen LogP contribution is 2.35. The minimum absolute atomic E-state index is 0.735. The van der Waals surface area contributed by atoms with Gasteiger partial charge in [0.1, 0.15) is 11.9 Å². The number of aliphatic hydroxyl groups excluding tert-OH is 1. The molecule has 3 aromatic carbocycles. The first-order chi connectivity index (χ1) is 12.8. The summed E-state index contributed by atoms with van der Waals surface area (Å²) in [4.78, 5) is 4.24. The normalized spacial score (nSPS) is 12.1. The van der Waals surface area contributed by atoms with Crippen molar-refractivity contribution in [2.75, 3.05) is 7.11 Å². The van der Waals surface area contributed by atoms with E-state index in [2.05, 4.69) is 29.2 Å². The number of nitrogens with zero attached hydrogens (tertiary/aromatic N) is 1. The van der Waals surface area contributed by atoms with Crippen LogP contribution in [0.4, 0.5) is 0 Å². The second kappa shape index (κ2) is 6.98. The van der Waals surface area contributed by atoms with E-state index in [0.29, 0.717) is 0 Å². The van der Waals surface area contributed by atoms with Crippen molar-refractivity contribution >= 4 is 10.8 Å². The lowest BCUT2D eigenvalue weighted by molar-refractivity contribution is 0.221. The Balaban J connectivity index is 1.88. The molecule has 1 unspecified atom stereocenters. The maximum absolute atomic E-state index is 11.1. The number of ether oxygens (including phenoxy) is 1. The lowest BCUT2D eigenvalue weighted by atomic mass is 9.90. The van der Waals surface area contributed by atoms with E-state index in [4.69, 9.17) is 4.74 Å². The van der Waals surface area contributed by atoms with E-state index in [1.165, 1.54) is 0 Å². The highest BCUT2D eigenvalue weighted by atomic mass is 16.5. The summed E-state index contributed by atoms with van der Waals surface area (Å²) in [6.45, 7) is 0. The van der Waals surface area contributed by atoms with Crippen LogP contribution >= 0.6 is 0 Å². The summed E-state index contributed by atoms with van der Waals surface area (Å²) in [5, 5.41) is 13.3. The molecule has 1 N–H and O–H groups in total. The number of pyridine rings is 1. The number of benzene rings is 3. The molecule has 0 radical (unpaired) electrons. The molecular formula is C23H19NO2. The van der Waals surface area contributed by atoms with Crippen LogP contribution in [0.2, 0.25) is 0 Å². The van der Waals surface area contributed by atoms with Crippen LogP contribution in [0.1, 0.15) is 17.2 Å². The quantitative estimate of drug-likeness (QED) is 0.568. The highest BCUT2D eigenvalue weighted by molar-refractivity contribution is 5.89. The predicted octanol–water partition coefficient (Wildman–Crippen LogP) is 4.99. The molecule has 3 nitrogen and oxygen atoms in total. The van der Waals surface area contributed by atoms with Gasteiger partial charge in [0.15, 0.2) is 0 Å². The third kappa shape index (κ3) is 3.05. The number of hydrogen-bond acceptors (Lipinski definition) is 3. The molecule has 1 atom stereocenters. The molecule has 4 aromatic rings. The number of hydrogen-bond donors (Lipinski definition) is 1. The van der Waals surface area contributed by atoms with Crippen LogP contribution in [-0.4, -0.2) is 17.2 Å². The minimum Gasteiger partial charge on any atom is -0.497 e. The number of aromatic nitrogens is 1. The Kier molecular flexibility index (Phi) is 4.38. The Labute approximate surface area is 152 Å². The SMILES string of the molecule is COc1ccc(C(O)c2cc3ccccc3cc2-c2cccnc2)cc1. The van der Waals surface area contributed by atoms with E-state index in [1.54, 1.807) is 13.3 Å². The second-order valence-corrected chi connectivity index (χ2v) is 6.20. The number of fused-ring (bicyclic) bond motifs is 1. The Morgan fingerprint density at radius 3 is 2.27 bits per heavy atom. The largest absolute Gasteiger partial charge is 0.497 e. The highest BCUT2D eigenvalue weighted by Gasteiger charge is 2.17. The minimum atomic E-state index is -0.735. The predicted molar refractivity (Wildman–Crippen MR) is 104 cm³/mol. The smallest absolute Gasteiger partial charge is 0.118 e. The van der Waals surface area contributed by atoms with Crippen LogP contribution in [-0.2, 0) is 0 Å². The molecule has 4 rings (SSSR count). The lowest BCUT2D eigenvalue weighted by Crippen LogP contribution is -2.02. The van der Waals surface area contributed by atoms with E-state index in [0.717, 1.165) is 38.8 Å². The van der Waals surface area contributed by atoms with Gasteiger partial charge >= 0.3 is 0 Å². The summed E-state index contributed by atoms with van der Waals surface area (Å²) in [7, 11) is 1.63. The molecular weight excluding hydrogens is 322 g/mol. The first-order valence-electron chi connectivity index (χ1n) is 8.51. The zero-order valence-electron chi connectivity index (χ0n) is 14.5. The van der Waals surface area contributed by atoms with Crippen molar-refractivity contribution in [3.05, 3.63) is 96.3 Å². The average Bonchev–Trinajstić information content (AvgIpc) is 2.73. The van der Waals surface area contributed by atoms with Crippen molar-refractivity contribution in [2.45, 2.75) is 6.10 Å². The van der Waals surface area contributed by atoms with Gasteiger partial charge in [0.2, 0.25) is 0 Å². The number of rotatable bonds is 4. The first kappa shape index (κ1) is 16.3. The van der Waals surface area contributed by atoms with E-state index < -0.39 is 6.10 Å². The molecule has 1 aromatic heterocycles. The van der Waals surface area contributed by atoms with Crippen LogP contribution < -0.4 is 4.74 Å². The standard InChI is InChI=1S/C23H19NO2/c1-26-20-10-8-16(9-11-20)23(25)22-14-18-6-3-2-5-17(18)13-21(22)19-7-4-12-24-15-19/h2-15,23,25H,1H3.